The smallest absolute Gasteiger partial charge is 0.212 e. The first kappa shape index (κ1) is 14.5. The van der Waals surface area contributed by atoms with Crippen LogP contribution in [0.4, 0.5) is 0 Å². The van der Waals surface area contributed by atoms with E-state index in [9.17, 15) is 8.42 Å². The topological polar surface area (TPSA) is 58.2 Å². The van der Waals surface area contributed by atoms with Gasteiger partial charge in [-0.05, 0) is 38.3 Å². The van der Waals surface area contributed by atoms with Gasteiger partial charge in [0.1, 0.15) is 0 Å². The van der Waals surface area contributed by atoms with E-state index in [1.165, 1.54) is 0 Å². The van der Waals surface area contributed by atoms with Crippen molar-refractivity contribution < 1.29 is 8.42 Å². The first-order chi connectivity index (χ1) is 9.05. The quantitative estimate of drug-likeness (QED) is 0.855. The fourth-order valence-corrected chi connectivity index (χ4v) is 3.79. The van der Waals surface area contributed by atoms with Crippen LogP contribution in [0.15, 0.2) is 30.3 Å². The highest BCUT2D eigenvalue weighted by atomic mass is 32.2. The molecule has 0 radical (unpaired) electrons. The minimum atomic E-state index is -3.18. The van der Waals surface area contributed by atoms with Crippen LogP contribution >= 0.6 is 0 Å². The normalized spacial score (nSPS) is 24.3. The van der Waals surface area contributed by atoms with E-state index >= 15 is 0 Å². The molecule has 1 saturated heterocycles. The van der Waals surface area contributed by atoms with Gasteiger partial charge in [0.25, 0.3) is 0 Å². The third-order valence-electron chi connectivity index (χ3n) is 3.47. The molecule has 1 heterocycles. The highest BCUT2D eigenvalue weighted by Crippen LogP contribution is 2.10. The number of rotatable bonds is 5. The number of piperidine rings is 1. The molecular weight excluding hydrogens is 260 g/mol. The Bertz CT molecular complexity index is 487. The standard InChI is InChI=1S/C14H22N2O2S/c1-12-11-14(7-9-15-12)16-19(17,18)10-8-13-5-3-2-4-6-13/h2-6,12,14-16H,7-11H2,1H3. The Morgan fingerprint density at radius 1 is 1.32 bits per heavy atom. The zero-order valence-electron chi connectivity index (χ0n) is 11.3. The summed E-state index contributed by atoms with van der Waals surface area (Å²) in [5, 5.41) is 3.32. The largest absolute Gasteiger partial charge is 0.314 e. The second kappa shape index (κ2) is 6.50. The third kappa shape index (κ3) is 4.93. The molecule has 1 aliphatic rings. The van der Waals surface area contributed by atoms with Crippen LogP contribution in [0.25, 0.3) is 0 Å². The third-order valence-corrected chi connectivity index (χ3v) is 4.91. The lowest BCUT2D eigenvalue weighted by Crippen LogP contribution is -2.47. The highest BCUT2D eigenvalue weighted by molar-refractivity contribution is 7.89. The van der Waals surface area contributed by atoms with Crippen molar-refractivity contribution in [2.24, 2.45) is 0 Å². The van der Waals surface area contributed by atoms with Crippen LogP contribution in [0.5, 0.6) is 0 Å². The molecule has 0 bridgehead atoms. The van der Waals surface area contributed by atoms with Gasteiger partial charge in [0.15, 0.2) is 0 Å². The van der Waals surface area contributed by atoms with Crippen molar-refractivity contribution in [3.05, 3.63) is 35.9 Å². The molecule has 1 aromatic rings. The summed E-state index contributed by atoms with van der Waals surface area (Å²) >= 11 is 0. The minimum absolute atomic E-state index is 0.0806. The predicted octanol–water partition coefficient (Wildman–Crippen LogP) is 1.29. The molecule has 0 amide bonds. The Labute approximate surface area is 115 Å². The van der Waals surface area contributed by atoms with Crippen molar-refractivity contribution in [2.45, 2.75) is 38.3 Å². The zero-order chi connectivity index (χ0) is 13.7. The van der Waals surface area contributed by atoms with E-state index in [-0.39, 0.29) is 11.8 Å². The van der Waals surface area contributed by atoms with Crippen molar-refractivity contribution in [3.63, 3.8) is 0 Å². The van der Waals surface area contributed by atoms with Crippen LogP contribution in [-0.2, 0) is 16.4 Å². The molecule has 1 aliphatic heterocycles. The molecule has 0 spiro atoms. The predicted molar refractivity (Wildman–Crippen MR) is 77.6 cm³/mol. The average molecular weight is 282 g/mol. The average Bonchev–Trinajstić information content (AvgIpc) is 2.37. The molecule has 0 aromatic heterocycles. The molecule has 1 fully saturated rings. The Balaban J connectivity index is 1.85. The molecule has 5 heteroatoms. The number of sulfonamides is 1. The van der Waals surface area contributed by atoms with Gasteiger partial charge in [0, 0.05) is 12.1 Å². The van der Waals surface area contributed by atoms with Gasteiger partial charge < -0.3 is 5.32 Å². The van der Waals surface area contributed by atoms with Gasteiger partial charge in [0.05, 0.1) is 5.75 Å². The van der Waals surface area contributed by atoms with Gasteiger partial charge in [0.2, 0.25) is 10.0 Å². The van der Waals surface area contributed by atoms with Crippen LogP contribution in [0, 0.1) is 0 Å². The molecular formula is C14H22N2O2S. The Morgan fingerprint density at radius 3 is 2.74 bits per heavy atom. The molecule has 0 aliphatic carbocycles. The molecule has 0 saturated carbocycles. The van der Waals surface area contributed by atoms with Gasteiger partial charge in [-0.25, -0.2) is 13.1 Å². The molecule has 19 heavy (non-hydrogen) atoms. The lowest BCUT2D eigenvalue weighted by Gasteiger charge is -2.28. The van der Waals surface area contributed by atoms with Crippen LogP contribution in [0.1, 0.15) is 25.3 Å². The van der Waals surface area contributed by atoms with Crippen LogP contribution < -0.4 is 10.0 Å². The summed E-state index contributed by atoms with van der Waals surface area (Å²) < 4.78 is 26.9. The van der Waals surface area contributed by atoms with Crippen LogP contribution in [-0.4, -0.2) is 32.8 Å². The van der Waals surface area contributed by atoms with E-state index in [0.717, 1.165) is 24.9 Å². The van der Waals surface area contributed by atoms with Gasteiger partial charge in [-0.15, -0.1) is 0 Å². The molecule has 2 N–H and O–H groups in total. The summed E-state index contributed by atoms with van der Waals surface area (Å²) in [5.41, 5.74) is 1.06. The maximum Gasteiger partial charge on any atom is 0.212 e. The monoisotopic (exact) mass is 282 g/mol. The van der Waals surface area contributed by atoms with Crippen LogP contribution in [0.2, 0.25) is 0 Å². The Hall–Kier alpha value is -0.910. The molecule has 4 nitrogen and oxygen atoms in total. The fourth-order valence-electron chi connectivity index (χ4n) is 2.45. The summed E-state index contributed by atoms with van der Waals surface area (Å²) in [6, 6.07) is 10.2. The van der Waals surface area contributed by atoms with Gasteiger partial charge in [-0.2, -0.15) is 0 Å². The van der Waals surface area contributed by atoms with Crippen molar-refractivity contribution in [3.8, 4) is 0 Å². The Morgan fingerprint density at radius 2 is 2.05 bits per heavy atom. The zero-order valence-corrected chi connectivity index (χ0v) is 12.1. The minimum Gasteiger partial charge on any atom is -0.314 e. The van der Waals surface area contributed by atoms with E-state index in [1.54, 1.807) is 0 Å². The van der Waals surface area contributed by atoms with E-state index < -0.39 is 10.0 Å². The van der Waals surface area contributed by atoms with Gasteiger partial charge >= 0.3 is 0 Å². The van der Waals surface area contributed by atoms with Crippen molar-refractivity contribution in [1.82, 2.24) is 10.0 Å². The second-order valence-corrected chi connectivity index (χ2v) is 7.12. The number of nitrogens with one attached hydrogen (secondary N) is 2. The molecule has 1 aromatic carbocycles. The molecule has 2 rings (SSSR count). The summed E-state index contributed by atoms with van der Waals surface area (Å²) in [5.74, 6) is 0.162. The summed E-state index contributed by atoms with van der Waals surface area (Å²) in [7, 11) is -3.18. The molecule has 2 atom stereocenters. The van der Waals surface area contributed by atoms with Crippen molar-refractivity contribution in [1.29, 1.82) is 0 Å². The van der Waals surface area contributed by atoms with Crippen molar-refractivity contribution in [2.75, 3.05) is 12.3 Å². The SMILES string of the molecule is CC1CC(NS(=O)(=O)CCc2ccccc2)CCN1. The number of aryl methyl sites for hydroxylation is 1. The first-order valence-electron chi connectivity index (χ1n) is 6.82. The fraction of sp³-hybridized carbons (Fsp3) is 0.571. The summed E-state index contributed by atoms with van der Waals surface area (Å²) in [4.78, 5) is 0. The maximum atomic E-state index is 12.0. The van der Waals surface area contributed by atoms with Gasteiger partial charge in [-0.1, -0.05) is 30.3 Å². The van der Waals surface area contributed by atoms with Gasteiger partial charge in [-0.3, -0.25) is 0 Å². The summed E-state index contributed by atoms with van der Waals surface area (Å²) in [6.07, 6.45) is 2.30. The molecule has 106 valence electrons. The second-order valence-electron chi connectivity index (χ2n) is 5.25. The number of hydrogen-bond acceptors (Lipinski definition) is 3. The lowest BCUT2D eigenvalue weighted by atomic mass is 10.0. The van der Waals surface area contributed by atoms with E-state index in [4.69, 9.17) is 0 Å². The Kier molecular flexibility index (Phi) is 4.96. The number of benzene rings is 1. The molecule has 2 unspecified atom stereocenters. The lowest BCUT2D eigenvalue weighted by molar-refractivity contribution is 0.361. The number of hydrogen-bond donors (Lipinski definition) is 2. The maximum absolute atomic E-state index is 12.0. The van der Waals surface area contributed by atoms with Crippen molar-refractivity contribution >= 4 is 10.0 Å². The first-order valence-corrected chi connectivity index (χ1v) is 8.48. The van der Waals surface area contributed by atoms with Crippen LogP contribution in [0.3, 0.4) is 0 Å². The van der Waals surface area contributed by atoms with E-state index in [0.29, 0.717) is 12.5 Å². The van der Waals surface area contributed by atoms with E-state index in [2.05, 4.69) is 17.0 Å². The summed E-state index contributed by atoms with van der Waals surface area (Å²) in [6.45, 7) is 2.97. The highest BCUT2D eigenvalue weighted by Gasteiger charge is 2.22. The van der Waals surface area contributed by atoms with E-state index in [1.807, 2.05) is 30.3 Å².